The zero-order valence-corrected chi connectivity index (χ0v) is 14.7. The molecule has 2 rings (SSSR count). The number of carbonyl (C=O) groups excluding carboxylic acids is 1. The van der Waals surface area contributed by atoms with Gasteiger partial charge in [-0.05, 0) is 37.4 Å². The molecule has 1 amide bonds. The van der Waals surface area contributed by atoms with Crippen molar-refractivity contribution in [2.45, 2.75) is 44.3 Å². The zero-order valence-electron chi connectivity index (χ0n) is 13.9. The molecule has 0 spiro atoms. The number of hydrogen-bond donors (Lipinski definition) is 1. The quantitative estimate of drug-likeness (QED) is 0.861. The van der Waals surface area contributed by atoms with E-state index in [1.165, 1.54) is 12.1 Å². The molecule has 1 aromatic carbocycles. The molecule has 1 fully saturated rings. The molecule has 0 saturated carbocycles. The summed E-state index contributed by atoms with van der Waals surface area (Å²) in [6.45, 7) is 3.10. The summed E-state index contributed by atoms with van der Waals surface area (Å²) in [5.74, 6) is -0.525. The van der Waals surface area contributed by atoms with Gasteiger partial charge in [0, 0.05) is 25.6 Å². The zero-order chi connectivity index (χ0) is 17.0. The van der Waals surface area contributed by atoms with E-state index in [-0.39, 0.29) is 36.3 Å². The van der Waals surface area contributed by atoms with Crippen molar-refractivity contribution < 1.29 is 18.0 Å². The third kappa shape index (κ3) is 4.86. The standard InChI is InChI=1S/C17H23F3N2O.ClH/c1-12(14-7-3-4-8-15(14)17(18,19)20)10-16(23)22-9-5-6-13(22)11-21-2;/h3-4,7-8,12-13,21H,5-6,9-11H2,1-2H3;1H. The Labute approximate surface area is 147 Å². The topological polar surface area (TPSA) is 32.3 Å². The summed E-state index contributed by atoms with van der Waals surface area (Å²) in [6.07, 6.45) is -2.39. The number of amides is 1. The largest absolute Gasteiger partial charge is 0.416 e. The summed E-state index contributed by atoms with van der Waals surface area (Å²) in [5.41, 5.74) is -0.453. The van der Waals surface area contributed by atoms with Gasteiger partial charge in [-0.3, -0.25) is 4.79 Å². The number of carbonyl (C=O) groups is 1. The number of likely N-dealkylation sites (tertiary alicyclic amines) is 1. The van der Waals surface area contributed by atoms with E-state index in [4.69, 9.17) is 0 Å². The maximum Gasteiger partial charge on any atom is 0.416 e. The summed E-state index contributed by atoms with van der Waals surface area (Å²) in [7, 11) is 1.84. The molecule has 1 saturated heterocycles. The second-order valence-corrected chi connectivity index (χ2v) is 6.13. The smallest absolute Gasteiger partial charge is 0.338 e. The van der Waals surface area contributed by atoms with Crippen molar-refractivity contribution in [3.8, 4) is 0 Å². The lowest BCUT2D eigenvalue weighted by Crippen LogP contribution is -2.41. The Bertz CT molecular complexity index is 551. The first kappa shape index (κ1) is 20.8. The molecule has 1 aliphatic heterocycles. The molecule has 0 aromatic heterocycles. The fourth-order valence-electron chi connectivity index (χ4n) is 3.29. The van der Waals surface area contributed by atoms with Crippen LogP contribution in [0.5, 0.6) is 0 Å². The van der Waals surface area contributed by atoms with Crippen molar-refractivity contribution in [3.05, 3.63) is 35.4 Å². The van der Waals surface area contributed by atoms with Gasteiger partial charge in [0.1, 0.15) is 0 Å². The minimum Gasteiger partial charge on any atom is -0.338 e. The molecular formula is C17H24ClF3N2O. The lowest BCUT2D eigenvalue weighted by molar-refractivity contribution is -0.139. The number of halogens is 4. The van der Waals surface area contributed by atoms with Crippen LogP contribution in [0.4, 0.5) is 13.2 Å². The van der Waals surface area contributed by atoms with Gasteiger partial charge in [-0.1, -0.05) is 25.1 Å². The molecule has 0 aliphatic carbocycles. The maximum absolute atomic E-state index is 13.1. The second-order valence-electron chi connectivity index (χ2n) is 6.13. The van der Waals surface area contributed by atoms with Crippen LogP contribution in [0.15, 0.2) is 24.3 Å². The van der Waals surface area contributed by atoms with Crippen LogP contribution in [0, 0.1) is 0 Å². The monoisotopic (exact) mass is 364 g/mol. The number of nitrogens with zero attached hydrogens (tertiary/aromatic N) is 1. The highest BCUT2D eigenvalue weighted by Crippen LogP contribution is 2.36. The van der Waals surface area contributed by atoms with Crippen LogP contribution in [-0.4, -0.2) is 37.0 Å². The van der Waals surface area contributed by atoms with E-state index in [9.17, 15) is 18.0 Å². The maximum atomic E-state index is 13.1. The van der Waals surface area contributed by atoms with Gasteiger partial charge in [-0.2, -0.15) is 13.2 Å². The van der Waals surface area contributed by atoms with Crippen molar-refractivity contribution in [3.63, 3.8) is 0 Å². The molecule has 2 unspecified atom stereocenters. The van der Waals surface area contributed by atoms with Crippen molar-refractivity contribution in [1.29, 1.82) is 0 Å². The fourth-order valence-corrected chi connectivity index (χ4v) is 3.29. The highest BCUT2D eigenvalue weighted by Gasteiger charge is 2.35. The molecule has 7 heteroatoms. The van der Waals surface area contributed by atoms with E-state index in [1.807, 2.05) is 11.9 Å². The highest BCUT2D eigenvalue weighted by atomic mass is 35.5. The van der Waals surface area contributed by atoms with Crippen LogP contribution in [-0.2, 0) is 11.0 Å². The third-order valence-electron chi connectivity index (χ3n) is 4.42. The predicted molar refractivity (Wildman–Crippen MR) is 90.4 cm³/mol. The lowest BCUT2D eigenvalue weighted by atomic mass is 9.92. The van der Waals surface area contributed by atoms with Gasteiger partial charge in [-0.25, -0.2) is 0 Å². The van der Waals surface area contributed by atoms with E-state index >= 15 is 0 Å². The van der Waals surface area contributed by atoms with Crippen LogP contribution >= 0.6 is 12.4 Å². The number of benzene rings is 1. The van der Waals surface area contributed by atoms with E-state index < -0.39 is 17.7 Å². The van der Waals surface area contributed by atoms with Crippen LogP contribution in [0.1, 0.15) is 43.2 Å². The van der Waals surface area contributed by atoms with Gasteiger partial charge in [0.2, 0.25) is 5.91 Å². The van der Waals surface area contributed by atoms with Gasteiger partial charge >= 0.3 is 6.18 Å². The Balaban J connectivity index is 0.00000288. The molecular weight excluding hydrogens is 341 g/mol. The predicted octanol–water partition coefficient (Wildman–Crippen LogP) is 3.83. The molecule has 3 nitrogen and oxygen atoms in total. The van der Waals surface area contributed by atoms with Crippen molar-refractivity contribution in [2.24, 2.45) is 0 Å². The van der Waals surface area contributed by atoms with E-state index in [1.54, 1.807) is 13.0 Å². The Hall–Kier alpha value is -1.27. The van der Waals surface area contributed by atoms with Crippen molar-refractivity contribution in [2.75, 3.05) is 20.1 Å². The number of alkyl halides is 3. The van der Waals surface area contributed by atoms with E-state index in [2.05, 4.69) is 5.32 Å². The normalized spacial score (nSPS) is 19.0. The SMILES string of the molecule is CNCC1CCCN1C(=O)CC(C)c1ccccc1C(F)(F)F.Cl. The first-order valence-corrected chi connectivity index (χ1v) is 7.94. The summed E-state index contributed by atoms with van der Waals surface area (Å²) in [6, 6.07) is 5.67. The third-order valence-corrected chi connectivity index (χ3v) is 4.42. The first-order valence-electron chi connectivity index (χ1n) is 7.94. The number of likely N-dealkylation sites (N-methyl/N-ethyl adjacent to an activating group) is 1. The molecule has 0 bridgehead atoms. The molecule has 1 N–H and O–H groups in total. The summed E-state index contributed by atoms with van der Waals surface area (Å²) in [4.78, 5) is 14.3. The highest BCUT2D eigenvalue weighted by molar-refractivity contribution is 5.85. The summed E-state index contributed by atoms with van der Waals surface area (Å²) in [5, 5.41) is 3.07. The van der Waals surface area contributed by atoms with E-state index in [0.717, 1.165) is 25.5 Å². The van der Waals surface area contributed by atoms with Gasteiger partial charge in [-0.15, -0.1) is 12.4 Å². The van der Waals surface area contributed by atoms with Crippen LogP contribution in [0.3, 0.4) is 0 Å². The molecule has 136 valence electrons. The average Bonchev–Trinajstić information content (AvgIpc) is 2.95. The fraction of sp³-hybridized carbons (Fsp3) is 0.588. The minimum atomic E-state index is -4.39. The van der Waals surface area contributed by atoms with Crippen molar-refractivity contribution >= 4 is 18.3 Å². The van der Waals surface area contributed by atoms with Gasteiger partial charge in [0.25, 0.3) is 0 Å². The first-order chi connectivity index (χ1) is 10.8. The van der Waals surface area contributed by atoms with Crippen LogP contribution in [0.25, 0.3) is 0 Å². The molecule has 0 radical (unpaired) electrons. The number of rotatable bonds is 5. The lowest BCUT2D eigenvalue weighted by Gasteiger charge is -2.26. The van der Waals surface area contributed by atoms with Crippen LogP contribution in [0.2, 0.25) is 0 Å². The Morgan fingerprint density at radius 1 is 1.38 bits per heavy atom. The minimum absolute atomic E-state index is 0. The molecule has 2 atom stereocenters. The second kappa shape index (κ2) is 8.72. The Kier molecular flexibility index (Phi) is 7.55. The Morgan fingerprint density at radius 3 is 2.67 bits per heavy atom. The number of nitrogens with one attached hydrogen (secondary N) is 1. The summed E-state index contributed by atoms with van der Waals surface area (Å²) < 4.78 is 39.3. The van der Waals surface area contributed by atoms with Crippen molar-refractivity contribution in [1.82, 2.24) is 10.2 Å². The Morgan fingerprint density at radius 2 is 2.04 bits per heavy atom. The van der Waals surface area contributed by atoms with Gasteiger partial charge in [0.15, 0.2) is 0 Å². The molecule has 24 heavy (non-hydrogen) atoms. The van der Waals surface area contributed by atoms with Gasteiger partial charge in [0.05, 0.1) is 5.56 Å². The number of hydrogen-bond acceptors (Lipinski definition) is 2. The van der Waals surface area contributed by atoms with Crippen LogP contribution < -0.4 is 5.32 Å². The van der Waals surface area contributed by atoms with Gasteiger partial charge < -0.3 is 10.2 Å². The molecule has 1 aromatic rings. The summed E-state index contributed by atoms with van der Waals surface area (Å²) >= 11 is 0. The molecule has 1 aliphatic rings. The average molecular weight is 365 g/mol. The molecule has 1 heterocycles. The van der Waals surface area contributed by atoms with E-state index in [0.29, 0.717) is 6.54 Å².